The van der Waals surface area contributed by atoms with Gasteiger partial charge < -0.3 is 77.3 Å². The van der Waals surface area contributed by atoms with Gasteiger partial charge in [0.05, 0.1) is 49.9 Å². The minimum absolute atomic E-state index is 0.0323. The fourth-order valence-corrected chi connectivity index (χ4v) is 20.1. The average molecular weight is 2050 g/mol. The van der Waals surface area contributed by atoms with E-state index in [2.05, 4.69) is 157 Å². The highest BCUT2D eigenvalue weighted by atomic mass is 35.5. The van der Waals surface area contributed by atoms with Crippen molar-refractivity contribution in [1.29, 1.82) is 0 Å². The maximum absolute atomic E-state index is 9.84. The smallest absolute Gasteiger partial charge is 0.119 e. The summed E-state index contributed by atoms with van der Waals surface area (Å²) < 4.78 is 66.4. The van der Waals surface area contributed by atoms with Gasteiger partial charge in [0.25, 0.3) is 0 Å². The van der Waals surface area contributed by atoms with Gasteiger partial charge in [0.2, 0.25) is 0 Å². The van der Waals surface area contributed by atoms with E-state index in [1.165, 1.54) is 98.6 Å². The summed E-state index contributed by atoms with van der Waals surface area (Å²) in [5.41, 5.74) is 13.8. The minimum atomic E-state index is -0.678. The predicted octanol–water partition coefficient (Wildman–Crippen LogP) is 29.4. The lowest BCUT2D eigenvalue weighted by Crippen LogP contribution is -2.38. The highest BCUT2D eigenvalue weighted by Crippen LogP contribution is 2.64. The van der Waals surface area contributed by atoms with Crippen molar-refractivity contribution in [3.8, 4) is 46.0 Å². The first-order valence-corrected chi connectivity index (χ1v) is 55.9. The third-order valence-corrected chi connectivity index (χ3v) is 28.0. The van der Waals surface area contributed by atoms with Gasteiger partial charge in [0.15, 0.2) is 0 Å². The van der Waals surface area contributed by atoms with E-state index in [1.54, 1.807) is 38.5 Å². The Labute approximate surface area is 882 Å². The molecule has 20 rings (SSSR count). The molecule has 11 aliphatic rings. The van der Waals surface area contributed by atoms with E-state index in [1.807, 2.05) is 215 Å². The summed E-state index contributed by atoms with van der Waals surface area (Å²) in [7, 11) is 0. The zero-order chi connectivity index (χ0) is 105. The van der Waals surface area contributed by atoms with E-state index in [0.717, 1.165) is 97.9 Å². The first-order valence-electron chi connectivity index (χ1n) is 53.8. The Hall–Kier alpha value is -7.78. The monoisotopic (exact) mass is 2050 g/mol. The van der Waals surface area contributed by atoms with Gasteiger partial charge in [-0.1, -0.05) is 284 Å². The molecule has 1 spiro atoms. The Morgan fingerprint density at radius 1 is 0.301 bits per heavy atom. The highest BCUT2D eigenvalue weighted by molar-refractivity contribution is 6.18. The lowest BCUT2D eigenvalue weighted by Gasteiger charge is -2.49. The second-order valence-corrected chi connectivity index (χ2v) is 39.1. The van der Waals surface area contributed by atoms with E-state index >= 15 is 0 Å². The highest BCUT2D eigenvalue weighted by Gasteiger charge is 2.57. The summed E-state index contributed by atoms with van der Waals surface area (Å²) in [6, 6.07) is 72.5. The molecule has 20 heteroatoms. The van der Waals surface area contributed by atoms with Crippen LogP contribution < -0.4 is 37.9 Å². The third kappa shape index (κ3) is 38.7. The van der Waals surface area contributed by atoms with Gasteiger partial charge in [0, 0.05) is 16.2 Å². The summed E-state index contributed by atoms with van der Waals surface area (Å²) in [5.74, 6) is 12.0. The topological polar surface area (TPSA) is 205 Å². The van der Waals surface area contributed by atoms with E-state index in [9.17, 15) is 15.3 Å². The maximum Gasteiger partial charge on any atom is 0.119 e. The van der Waals surface area contributed by atoms with Crippen LogP contribution >= 0.6 is 46.4 Å². The second kappa shape index (κ2) is 65.1. The lowest BCUT2D eigenvalue weighted by molar-refractivity contribution is 0.0198. The van der Waals surface area contributed by atoms with E-state index < -0.39 is 24.4 Å². The number of benzene rings is 9. The molecule has 9 aromatic carbocycles. The largest absolute Gasteiger partial charge is 0.491 e. The summed E-state index contributed by atoms with van der Waals surface area (Å²) in [5, 5.41) is 38.2. The fraction of sp³-hybridized carbons (Fsp3) is 0.561. The molecule has 10 unspecified atom stereocenters. The number of epoxide rings is 4. The molecule has 4 heterocycles. The lowest BCUT2D eigenvalue weighted by atomic mass is 9.56. The summed E-state index contributed by atoms with van der Waals surface area (Å²) in [4.78, 5) is 0. The van der Waals surface area contributed by atoms with Crippen molar-refractivity contribution in [3.63, 3.8) is 0 Å². The number of fused-ring (bicyclic) bond motifs is 4. The van der Waals surface area contributed by atoms with Crippen LogP contribution in [-0.4, -0.2) is 172 Å². The number of rotatable bonds is 33. The first kappa shape index (κ1) is 124. The van der Waals surface area contributed by atoms with Crippen molar-refractivity contribution in [1.82, 2.24) is 0 Å². The van der Waals surface area contributed by atoms with Gasteiger partial charge in [-0.2, -0.15) is 0 Å². The van der Waals surface area contributed by atoms with Crippen LogP contribution in [0.15, 0.2) is 212 Å². The third-order valence-electron chi connectivity index (χ3n) is 26.6. The molecule has 0 aromatic heterocycles. The van der Waals surface area contributed by atoms with Gasteiger partial charge in [-0.25, -0.2) is 0 Å². The van der Waals surface area contributed by atoms with Crippen LogP contribution in [0.2, 0.25) is 0 Å². The molecule has 9 fully saturated rings. The molecule has 143 heavy (non-hydrogen) atoms. The van der Waals surface area contributed by atoms with Crippen molar-refractivity contribution in [2.45, 2.75) is 319 Å². The van der Waals surface area contributed by atoms with Gasteiger partial charge in [-0.05, 0) is 267 Å². The van der Waals surface area contributed by atoms with Gasteiger partial charge in [0.1, 0.15) is 148 Å². The fourth-order valence-electron chi connectivity index (χ4n) is 19.8. The van der Waals surface area contributed by atoms with E-state index in [-0.39, 0.29) is 95.3 Å². The van der Waals surface area contributed by atoms with Crippen molar-refractivity contribution in [2.24, 2.45) is 23.7 Å². The number of hydrogen-bond donors (Lipinski definition) is 4. The average Bonchev–Trinajstić information content (AvgIpc) is 1.52. The molecule has 0 radical (unpaired) electrons. The molecular weight excluding hydrogens is 1880 g/mol. The Kier molecular flexibility index (Phi) is 56.4. The number of alkyl halides is 4. The van der Waals surface area contributed by atoms with Gasteiger partial charge in [-0.15, -0.1) is 46.4 Å². The van der Waals surface area contributed by atoms with Crippen molar-refractivity contribution < 1.29 is 77.3 Å². The quantitative estimate of drug-likeness (QED) is 0.0171. The van der Waals surface area contributed by atoms with E-state index in [0.29, 0.717) is 38.3 Å². The summed E-state index contributed by atoms with van der Waals surface area (Å²) in [6.07, 6.45) is 16.3. The number of ether oxygens (including phenoxy) is 12. The summed E-state index contributed by atoms with van der Waals surface area (Å²) in [6.45, 7) is 54.3. The Morgan fingerprint density at radius 3 is 0.818 bits per heavy atom. The van der Waals surface area contributed by atoms with Crippen LogP contribution in [-0.2, 0) is 46.0 Å². The van der Waals surface area contributed by atoms with Crippen molar-refractivity contribution >= 4 is 46.4 Å². The predicted molar refractivity (Wildman–Crippen MR) is 595 cm³/mol. The van der Waals surface area contributed by atoms with Crippen LogP contribution in [0.5, 0.6) is 46.0 Å². The molecule has 4 aliphatic heterocycles. The molecule has 7 aliphatic carbocycles. The molecule has 10 atom stereocenters. The molecule has 16 nitrogen and oxygen atoms in total. The molecule has 5 saturated carbocycles. The van der Waals surface area contributed by atoms with E-state index in [4.69, 9.17) is 108 Å². The molecular formula is C123H178Cl4O16. The van der Waals surface area contributed by atoms with Crippen LogP contribution in [0.3, 0.4) is 0 Å². The van der Waals surface area contributed by atoms with Crippen molar-refractivity contribution in [3.05, 3.63) is 274 Å². The zero-order valence-electron chi connectivity index (χ0n) is 90.8. The number of aryl methyl sites for hydroxylation is 2. The molecule has 4 N–H and O–H groups in total. The van der Waals surface area contributed by atoms with Crippen molar-refractivity contribution in [2.75, 3.05) is 103 Å². The zero-order valence-corrected chi connectivity index (χ0v) is 93.9. The molecule has 9 aromatic rings. The standard InChI is InChI=1S/C27H33ClO4.C26H27ClO4.C24H29ClO4.C10H13ClO2.C10H12O2.C10H16.8C2H6/c1-25(2)15-27(23-9-18(5-7-21(23)25)30-12-17(29)11-28)16-26(3,4)22-8-6-19(10-24(22)27)31-13-20-14-32-20;1-26(19-5-3-2-4-6-19,20-7-11-23(12-8-20)29-16-22(28)15-27)21-9-13-24(14-10-21)30-17-25-18-31-25;25-14-20(26)15-27-21-8-4-18(5-9-21)24(12-2-1-3-13-24)19-6-10-22(11-7-19)28-16-23-17-29-23;1-8-2-4-10(5-3-8)13-7-9(12)6-11;1-8-2-4-9(5-3-8)11-6-10-7-12-10;1-7-2-9-4-8(1)5-10(3-7)6-9;8*1-2/h5-10,17,20,29H,11-16H2,1-4H3;2-14,22,25,28H,15-18H2,1H3;4-11,20,23,26H,1-3,12-17H2;2-5,9,12H,6-7H2,1H3;2-5,10H,6-7H2,1H3;7-10H,1-6H2;8*1-2H3. The normalized spacial score (nSPS) is 21.6. The summed E-state index contributed by atoms with van der Waals surface area (Å²) >= 11 is 22.4. The van der Waals surface area contributed by atoms with Crippen LogP contribution in [0, 0.1) is 37.5 Å². The number of aliphatic hydroxyl groups excluding tert-OH is 4. The SMILES string of the molecule is C1C2CC3CC1CC(C2)C3.CC.CC.CC.CC.CC.CC.CC.CC.CC(c1ccccc1)(c1ccc(OCC(O)CCl)cc1)c1ccc(OCC2CO2)cc1.CC1(C)CC2(CC(C)(C)c3ccc(OCC4CO4)cc32)c2cc(OCC(O)CCl)ccc21.Cc1ccc(OCC(O)CCl)cc1.Cc1ccc(OCC2CO2)cc1.OC(CCl)COc1ccc(C2(c3ccc(OCC4CO4)cc3)CCCCC2)cc1. The Balaban J connectivity index is 0.000000265. The molecule has 794 valence electrons. The second-order valence-electron chi connectivity index (χ2n) is 37.9. The number of halogens is 4. The van der Waals surface area contributed by atoms with Gasteiger partial charge in [-0.3, -0.25) is 0 Å². The van der Waals surface area contributed by atoms with Gasteiger partial charge >= 0.3 is 0 Å². The molecule has 4 bridgehead atoms. The maximum atomic E-state index is 9.84. The Morgan fingerprint density at radius 2 is 0.538 bits per heavy atom. The van der Waals surface area contributed by atoms with Crippen LogP contribution in [0.25, 0.3) is 0 Å². The molecule has 0 amide bonds. The number of hydrogen-bond acceptors (Lipinski definition) is 16. The number of aliphatic hydroxyl groups is 4. The first-order chi connectivity index (χ1) is 69.4. The minimum Gasteiger partial charge on any atom is -0.491 e. The molecule has 4 saturated heterocycles. The van der Waals surface area contributed by atoms with Crippen LogP contribution in [0.4, 0.5) is 0 Å². The van der Waals surface area contributed by atoms with Crippen LogP contribution in [0.1, 0.15) is 290 Å². The Bertz CT molecular complexity index is 4790.